The van der Waals surface area contributed by atoms with Crippen molar-refractivity contribution in [3.63, 3.8) is 0 Å². The summed E-state index contributed by atoms with van der Waals surface area (Å²) in [6.45, 7) is -0.0779. The second-order valence-electron chi connectivity index (χ2n) is 8.67. The molecule has 2 fully saturated rings. The number of amides is 2. The van der Waals surface area contributed by atoms with Gasteiger partial charge in [0.05, 0.1) is 12.1 Å². The molecule has 1 aromatic heterocycles. The van der Waals surface area contributed by atoms with E-state index in [1.165, 1.54) is 12.1 Å². The molecular weight excluding hydrogens is 458 g/mol. The lowest BCUT2D eigenvalue weighted by Crippen LogP contribution is -2.52. The van der Waals surface area contributed by atoms with Gasteiger partial charge >= 0.3 is 6.61 Å². The Balaban J connectivity index is 1.30. The molecule has 0 bridgehead atoms. The highest BCUT2D eigenvalue weighted by Gasteiger charge is 2.32. The quantitative estimate of drug-likeness (QED) is 0.537. The van der Waals surface area contributed by atoms with Crippen molar-refractivity contribution in [2.24, 2.45) is 0 Å². The lowest BCUT2D eigenvalue weighted by molar-refractivity contribution is -0.142. The summed E-state index contributed by atoms with van der Waals surface area (Å²) in [6.07, 6.45) is 1.30. The highest BCUT2D eigenvalue weighted by atomic mass is 19.3. The molecule has 8 nitrogen and oxygen atoms in total. The van der Waals surface area contributed by atoms with Crippen LogP contribution in [0.25, 0.3) is 10.9 Å². The summed E-state index contributed by atoms with van der Waals surface area (Å²) in [5.41, 5.74) is 1.99. The van der Waals surface area contributed by atoms with E-state index in [1.54, 1.807) is 26.6 Å². The van der Waals surface area contributed by atoms with Gasteiger partial charge in [-0.05, 0) is 36.6 Å². The molecule has 1 unspecified atom stereocenters. The Hall–Kier alpha value is -3.53. The summed E-state index contributed by atoms with van der Waals surface area (Å²) in [5, 5.41) is 5.36. The van der Waals surface area contributed by atoms with Crippen molar-refractivity contribution >= 4 is 22.7 Å². The molecule has 5 rings (SSSR count). The second kappa shape index (κ2) is 9.99. The van der Waals surface area contributed by atoms with Gasteiger partial charge in [-0.2, -0.15) is 13.9 Å². The molecule has 0 aliphatic carbocycles. The number of alkyl halides is 2. The highest BCUT2D eigenvalue weighted by Crippen LogP contribution is 2.23. The number of ether oxygens (including phenoxy) is 2. The summed E-state index contributed by atoms with van der Waals surface area (Å²) in [5.74, 6) is -0.0822. The number of carbonyl (C=O) groups is 2. The Bertz CT molecular complexity index is 1200. The first-order valence-electron chi connectivity index (χ1n) is 11.7. The van der Waals surface area contributed by atoms with Crippen LogP contribution < -0.4 is 4.74 Å². The molecule has 1 atom stereocenters. The van der Waals surface area contributed by atoms with Gasteiger partial charge in [-0.15, -0.1) is 0 Å². The third-order valence-electron chi connectivity index (χ3n) is 6.43. The Morgan fingerprint density at radius 3 is 2.43 bits per heavy atom. The fourth-order valence-electron chi connectivity index (χ4n) is 4.61. The topological polar surface area (TPSA) is 76.9 Å². The minimum Gasteiger partial charge on any atom is -0.435 e. The SMILES string of the molecule is O=C(c1nn(Cc2ccc(OC(F)F)cc2)c2ccccc12)N1CCN(C(=O)C2CCCO2)CC1. The van der Waals surface area contributed by atoms with Crippen LogP contribution in [-0.2, 0) is 16.1 Å². The van der Waals surface area contributed by atoms with E-state index in [4.69, 9.17) is 4.74 Å². The zero-order valence-corrected chi connectivity index (χ0v) is 19.1. The molecule has 3 aromatic rings. The molecule has 3 heterocycles. The summed E-state index contributed by atoms with van der Waals surface area (Å²) in [6, 6.07) is 13.9. The Labute approximate surface area is 201 Å². The average Bonchev–Trinajstić information content (AvgIpc) is 3.53. The molecule has 2 aliphatic heterocycles. The van der Waals surface area contributed by atoms with Crippen LogP contribution in [0.2, 0.25) is 0 Å². The van der Waals surface area contributed by atoms with Crippen molar-refractivity contribution in [3.8, 4) is 5.75 Å². The van der Waals surface area contributed by atoms with Crippen molar-refractivity contribution in [1.29, 1.82) is 0 Å². The number of aromatic nitrogens is 2. The van der Waals surface area contributed by atoms with E-state index in [9.17, 15) is 18.4 Å². The monoisotopic (exact) mass is 484 g/mol. The van der Waals surface area contributed by atoms with E-state index in [1.807, 2.05) is 24.3 Å². The van der Waals surface area contributed by atoms with Crippen LogP contribution in [-0.4, -0.2) is 76.9 Å². The summed E-state index contributed by atoms with van der Waals surface area (Å²) in [4.78, 5) is 29.5. The predicted octanol–water partition coefficient (Wildman–Crippen LogP) is 3.15. The molecule has 10 heteroatoms. The first-order chi connectivity index (χ1) is 17.0. The maximum Gasteiger partial charge on any atom is 0.387 e. The lowest BCUT2D eigenvalue weighted by atomic mass is 10.1. The Morgan fingerprint density at radius 1 is 1.03 bits per heavy atom. The molecule has 0 spiro atoms. The molecule has 2 aliphatic rings. The zero-order chi connectivity index (χ0) is 24.4. The Morgan fingerprint density at radius 2 is 1.74 bits per heavy atom. The summed E-state index contributed by atoms with van der Waals surface area (Å²) < 4.78 is 36.5. The van der Waals surface area contributed by atoms with E-state index in [0.29, 0.717) is 45.0 Å². The van der Waals surface area contributed by atoms with Crippen molar-refractivity contribution in [1.82, 2.24) is 19.6 Å². The van der Waals surface area contributed by atoms with Crippen molar-refractivity contribution in [3.05, 3.63) is 59.8 Å². The van der Waals surface area contributed by atoms with Gasteiger partial charge in [0.15, 0.2) is 5.69 Å². The Kier molecular flexibility index (Phi) is 6.63. The number of halogens is 2. The number of benzene rings is 2. The third-order valence-corrected chi connectivity index (χ3v) is 6.43. The van der Waals surface area contributed by atoms with Crippen LogP contribution in [0.5, 0.6) is 5.75 Å². The second-order valence-corrected chi connectivity index (χ2v) is 8.67. The van der Waals surface area contributed by atoms with Crippen molar-refractivity contribution < 1.29 is 27.8 Å². The first kappa shape index (κ1) is 23.2. The molecule has 35 heavy (non-hydrogen) atoms. The zero-order valence-electron chi connectivity index (χ0n) is 19.1. The van der Waals surface area contributed by atoms with Gasteiger partial charge in [-0.3, -0.25) is 14.3 Å². The molecule has 0 N–H and O–H groups in total. The molecule has 0 radical (unpaired) electrons. The highest BCUT2D eigenvalue weighted by molar-refractivity contribution is 6.05. The molecule has 2 amide bonds. The molecule has 2 aromatic carbocycles. The number of piperazine rings is 1. The predicted molar refractivity (Wildman–Crippen MR) is 123 cm³/mol. The van der Waals surface area contributed by atoms with Gasteiger partial charge in [-0.1, -0.05) is 30.3 Å². The van der Waals surface area contributed by atoms with Crippen LogP contribution in [0.3, 0.4) is 0 Å². The number of nitrogens with zero attached hydrogens (tertiary/aromatic N) is 4. The minimum absolute atomic E-state index is 0.00861. The maximum atomic E-state index is 13.4. The van der Waals surface area contributed by atoms with Gasteiger partial charge in [0, 0.05) is 38.2 Å². The van der Waals surface area contributed by atoms with Gasteiger partial charge in [0.25, 0.3) is 11.8 Å². The minimum atomic E-state index is -2.87. The molecule has 2 saturated heterocycles. The number of fused-ring (bicyclic) bond motifs is 1. The normalized spacial score (nSPS) is 18.4. The fourth-order valence-corrected chi connectivity index (χ4v) is 4.61. The third kappa shape index (κ3) is 4.97. The fraction of sp³-hybridized carbons (Fsp3) is 0.400. The van der Waals surface area contributed by atoms with E-state index in [2.05, 4.69) is 9.84 Å². The van der Waals surface area contributed by atoms with E-state index in [0.717, 1.165) is 29.3 Å². The summed E-state index contributed by atoms with van der Waals surface area (Å²) >= 11 is 0. The number of para-hydroxylation sites is 1. The van der Waals surface area contributed by atoms with Crippen LogP contribution in [0, 0.1) is 0 Å². The average molecular weight is 485 g/mol. The van der Waals surface area contributed by atoms with Crippen LogP contribution in [0.15, 0.2) is 48.5 Å². The van der Waals surface area contributed by atoms with Gasteiger partial charge in [0.2, 0.25) is 0 Å². The number of rotatable bonds is 6. The van der Waals surface area contributed by atoms with Gasteiger partial charge in [-0.25, -0.2) is 0 Å². The maximum absolute atomic E-state index is 13.4. The summed E-state index contributed by atoms with van der Waals surface area (Å²) in [7, 11) is 0. The molecule has 184 valence electrons. The standard InChI is InChI=1S/C25H26F2N4O4/c26-25(27)35-18-9-7-17(8-10-18)16-31-20-5-2-1-4-19(20)22(28-31)24(33)30-13-11-29(12-14-30)23(32)21-6-3-15-34-21/h1-2,4-5,7-10,21,25H,3,6,11-16H2. The molecule has 0 saturated carbocycles. The van der Waals surface area contributed by atoms with Crippen LogP contribution in [0.1, 0.15) is 28.9 Å². The van der Waals surface area contributed by atoms with E-state index < -0.39 is 6.61 Å². The van der Waals surface area contributed by atoms with E-state index in [-0.39, 0.29) is 23.7 Å². The van der Waals surface area contributed by atoms with Crippen molar-refractivity contribution in [2.45, 2.75) is 32.1 Å². The van der Waals surface area contributed by atoms with Gasteiger partial charge in [0.1, 0.15) is 11.9 Å². The number of hydrogen-bond acceptors (Lipinski definition) is 5. The van der Waals surface area contributed by atoms with Crippen LogP contribution >= 0.6 is 0 Å². The van der Waals surface area contributed by atoms with Gasteiger partial charge < -0.3 is 19.3 Å². The smallest absolute Gasteiger partial charge is 0.387 e. The largest absolute Gasteiger partial charge is 0.435 e. The molecular formula is C25H26F2N4O4. The van der Waals surface area contributed by atoms with Crippen LogP contribution in [0.4, 0.5) is 8.78 Å². The first-order valence-corrected chi connectivity index (χ1v) is 11.7. The number of carbonyl (C=O) groups excluding carboxylic acids is 2. The number of hydrogen-bond donors (Lipinski definition) is 0. The van der Waals surface area contributed by atoms with E-state index >= 15 is 0 Å². The lowest BCUT2D eigenvalue weighted by Gasteiger charge is -2.35. The van der Waals surface area contributed by atoms with Crippen molar-refractivity contribution in [2.75, 3.05) is 32.8 Å².